The minimum absolute atomic E-state index is 0.0214. The van der Waals surface area contributed by atoms with Gasteiger partial charge in [-0.05, 0) is 18.8 Å². The van der Waals surface area contributed by atoms with E-state index in [4.69, 9.17) is 4.52 Å². The van der Waals surface area contributed by atoms with E-state index in [-0.39, 0.29) is 5.91 Å². The van der Waals surface area contributed by atoms with Crippen LogP contribution < -0.4 is 0 Å². The molecule has 1 saturated heterocycles. The van der Waals surface area contributed by atoms with E-state index in [0.717, 1.165) is 31.6 Å². The van der Waals surface area contributed by atoms with Crippen molar-refractivity contribution < 1.29 is 9.32 Å². The first-order chi connectivity index (χ1) is 7.18. The lowest BCUT2D eigenvalue weighted by molar-refractivity contribution is 0.0751. The van der Waals surface area contributed by atoms with Crippen molar-refractivity contribution in [3.8, 4) is 0 Å². The van der Waals surface area contributed by atoms with Crippen LogP contribution in [0.2, 0.25) is 0 Å². The van der Waals surface area contributed by atoms with E-state index in [1.54, 1.807) is 6.07 Å². The summed E-state index contributed by atoms with van der Waals surface area (Å²) in [5.74, 6) is 0.654. The first-order valence-corrected chi connectivity index (χ1v) is 5.44. The fraction of sp³-hybridized carbons (Fsp3) is 0.636. The molecule has 1 aromatic rings. The molecule has 1 aliphatic rings. The lowest BCUT2D eigenvalue weighted by Gasteiger charge is -2.11. The molecule has 1 aromatic heterocycles. The third-order valence-corrected chi connectivity index (χ3v) is 2.72. The Hall–Kier alpha value is -1.32. The second-order valence-electron chi connectivity index (χ2n) is 4.27. The molecule has 0 bridgehead atoms. The Balaban J connectivity index is 2.11. The monoisotopic (exact) mass is 208 g/mol. The Bertz CT molecular complexity index is 351. The minimum atomic E-state index is -0.0214. The Labute approximate surface area is 89.2 Å². The summed E-state index contributed by atoms with van der Waals surface area (Å²) in [5.41, 5.74) is 0.845. The molecule has 4 heteroatoms. The molecule has 1 aliphatic heterocycles. The van der Waals surface area contributed by atoms with E-state index < -0.39 is 0 Å². The number of hydrogen-bond acceptors (Lipinski definition) is 3. The molecule has 0 saturated carbocycles. The highest BCUT2D eigenvalue weighted by molar-refractivity contribution is 5.91. The zero-order valence-electron chi connectivity index (χ0n) is 9.19. The van der Waals surface area contributed by atoms with Crippen molar-refractivity contribution in [3.05, 3.63) is 17.5 Å². The lowest BCUT2D eigenvalue weighted by Crippen LogP contribution is -2.27. The molecule has 15 heavy (non-hydrogen) atoms. The number of likely N-dealkylation sites (tertiary alicyclic amines) is 1. The molecule has 1 amide bonds. The van der Waals surface area contributed by atoms with Gasteiger partial charge in [-0.3, -0.25) is 4.79 Å². The summed E-state index contributed by atoms with van der Waals surface area (Å²) in [7, 11) is 0. The maximum absolute atomic E-state index is 11.9. The predicted octanol–water partition coefficient (Wildman–Crippen LogP) is 2.03. The maximum Gasteiger partial charge on any atom is 0.292 e. The first-order valence-electron chi connectivity index (χ1n) is 5.44. The van der Waals surface area contributed by atoms with E-state index >= 15 is 0 Å². The van der Waals surface area contributed by atoms with Gasteiger partial charge in [0.2, 0.25) is 5.76 Å². The second kappa shape index (κ2) is 4.04. The first kappa shape index (κ1) is 10.2. The Morgan fingerprint density at radius 1 is 1.47 bits per heavy atom. The van der Waals surface area contributed by atoms with Crippen molar-refractivity contribution in [2.45, 2.75) is 32.6 Å². The van der Waals surface area contributed by atoms with Crippen LogP contribution in [0.3, 0.4) is 0 Å². The molecule has 1 fully saturated rings. The van der Waals surface area contributed by atoms with Crippen LogP contribution in [-0.4, -0.2) is 29.1 Å². The van der Waals surface area contributed by atoms with Crippen molar-refractivity contribution in [1.29, 1.82) is 0 Å². The van der Waals surface area contributed by atoms with Gasteiger partial charge in [-0.25, -0.2) is 0 Å². The van der Waals surface area contributed by atoms with Crippen molar-refractivity contribution in [1.82, 2.24) is 10.1 Å². The minimum Gasteiger partial charge on any atom is -0.351 e. The summed E-state index contributed by atoms with van der Waals surface area (Å²) < 4.78 is 5.06. The summed E-state index contributed by atoms with van der Waals surface area (Å²) in [5, 5.41) is 3.89. The van der Waals surface area contributed by atoms with Crippen molar-refractivity contribution >= 4 is 5.91 Å². The van der Waals surface area contributed by atoms with Gasteiger partial charge >= 0.3 is 0 Å². The van der Waals surface area contributed by atoms with Crippen molar-refractivity contribution in [2.75, 3.05) is 13.1 Å². The molecule has 0 N–H and O–H groups in total. The number of carbonyl (C=O) groups is 1. The van der Waals surface area contributed by atoms with Crippen LogP contribution in [0.1, 0.15) is 48.9 Å². The third-order valence-electron chi connectivity index (χ3n) is 2.72. The summed E-state index contributed by atoms with van der Waals surface area (Å²) >= 11 is 0. The van der Waals surface area contributed by atoms with Crippen LogP contribution in [0.15, 0.2) is 10.6 Å². The molecular formula is C11H16N2O2. The van der Waals surface area contributed by atoms with Gasteiger partial charge in [0, 0.05) is 19.2 Å². The fourth-order valence-corrected chi connectivity index (χ4v) is 1.74. The zero-order chi connectivity index (χ0) is 10.8. The number of nitrogens with zero attached hydrogens (tertiary/aromatic N) is 2. The van der Waals surface area contributed by atoms with E-state index in [0.29, 0.717) is 11.7 Å². The largest absolute Gasteiger partial charge is 0.351 e. The molecule has 82 valence electrons. The summed E-state index contributed by atoms with van der Waals surface area (Å²) in [6.45, 7) is 5.75. The van der Waals surface area contributed by atoms with E-state index in [9.17, 15) is 4.79 Å². The van der Waals surface area contributed by atoms with Gasteiger partial charge in [-0.1, -0.05) is 19.0 Å². The third kappa shape index (κ3) is 2.03. The Morgan fingerprint density at radius 3 is 2.67 bits per heavy atom. The van der Waals surface area contributed by atoms with Crippen LogP contribution >= 0.6 is 0 Å². The van der Waals surface area contributed by atoms with Crippen LogP contribution in [0, 0.1) is 0 Å². The Morgan fingerprint density at radius 2 is 2.13 bits per heavy atom. The SMILES string of the molecule is CC(C)c1cc(C(=O)N2CCCC2)on1. The van der Waals surface area contributed by atoms with Gasteiger partial charge in [0.25, 0.3) is 5.91 Å². The second-order valence-corrected chi connectivity index (χ2v) is 4.27. The number of hydrogen-bond donors (Lipinski definition) is 0. The molecule has 0 spiro atoms. The summed E-state index contributed by atoms with van der Waals surface area (Å²) in [4.78, 5) is 13.7. The van der Waals surface area contributed by atoms with Gasteiger partial charge in [0.05, 0.1) is 5.69 Å². The topological polar surface area (TPSA) is 46.3 Å². The average molecular weight is 208 g/mol. The molecule has 2 heterocycles. The Kier molecular flexibility index (Phi) is 2.75. The van der Waals surface area contributed by atoms with Crippen molar-refractivity contribution in [3.63, 3.8) is 0 Å². The van der Waals surface area contributed by atoms with Crippen LogP contribution in [0.4, 0.5) is 0 Å². The van der Waals surface area contributed by atoms with Gasteiger partial charge in [-0.2, -0.15) is 0 Å². The highest BCUT2D eigenvalue weighted by Gasteiger charge is 2.23. The molecule has 0 unspecified atom stereocenters. The highest BCUT2D eigenvalue weighted by Crippen LogP contribution is 2.17. The quantitative estimate of drug-likeness (QED) is 0.747. The van der Waals surface area contributed by atoms with Crippen LogP contribution in [0.5, 0.6) is 0 Å². The standard InChI is InChI=1S/C11H16N2O2/c1-8(2)9-7-10(15-12-9)11(14)13-5-3-4-6-13/h7-8H,3-6H2,1-2H3. The lowest BCUT2D eigenvalue weighted by atomic mass is 10.1. The average Bonchev–Trinajstić information content (AvgIpc) is 2.88. The maximum atomic E-state index is 11.9. The van der Waals surface area contributed by atoms with Gasteiger partial charge in [0.15, 0.2) is 0 Å². The number of aromatic nitrogens is 1. The number of carbonyl (C=O) groups excluding carboxylic acids is 1. The van der Waals surface area contributed by atoms with Crippen LogP contribution in [0.25, 0.3) is 0 Å². The van der Waals surface area contributed by atoms with Gasteiger partial charge in [0.1, 0.15) is 0 Å². The predicted molar refractivity (Wildman–Crippen MR) is 55.7 cm³/mol. The molecule has 4 nitrogen and oxygen atoms in total. The smallest absolute Gasteiger partial charge is 0.292 e. The van der Waals surface area contributed by atoms with Crippen LogP contribution in [-0.2, 0) is 0 Å². The molecule has 0 aromatic carbocycles. The zero-order valence-corrected chi connectivity index (χ0v) is 9.19. The molecule has 0 atom stereocenters. The van der Waals surface area contributed by atoms with E-state index in [1.165, 1.54) is 0 Å². The fourth-order valence-electron chi connectivity index (χ4n) is 1.74. The molecular weight excluding hydrogens is 192 g/mol. The molecule has 2 rings (SSSR count). The van der Waals surface area contributed by atoms with E-state index in [2.05, 4.69) is 5.16 Å². The summed E-state index contributed by atoms with van der Waals surface area (Å²) in [6, 6.07) is 1.76. The normalized spacial score (nSPS) is 16.3. The van der Waals surface area contributed by atoms with Gasteiger partial charge < -0.3 is 9.42 Å². The van der Waals surface area contributed by atoms with Gasteiger partial charge in [-0.15, -0.1) is 0 Å². The number of rotatable bonds is 2. The number of amides is 1. The van der Waals surface area contributed by atoms with E-state index in [1.807, 2.05) is 18.7 Å². The van der Waals surface area contributed by atoms with Crippen molar-refractivity contribution in [2.24, 2.45) is 0 Å². The molecule has 0 radical (unpaired) electrons. The highest BCUT2D eigenvalue weighted by atomic mass is 16.5. The molecule has 0 aliphatic carbocycles. The summed E-state index contributed by atoms with van der Waals surface area (Å²) in [6.07, 6.45) is 2.19.